The Morgan fingerprint density at radius 1 is 1.33 bits per heavy atom. The molecule has 0 aromatic heterocycles. The molecule has 6 heteroatoms. The maximum atomic E-state index is 11.2. The summed E-state index contributed by atoms with van der Waals surface area (Å²) in [5.41, 5.74) is 0.389. The van der Waals surface area contributed by atoms with Crippen molar-refractivity contribution >= 4 is 14.8 Å². The van der Waals surface area contributed by atoms with E-state index in [1.54, 1.807) is 27.2 Å². The molecule has 0 aliphatic heterocycles. The Hall–Kier alpha value is -0.953. The molecule has 0 amide bonds. The van der Waals surface area contributed by atoms with E-state index in [1.807, 2.05) is 0 Å². The third kappa shape index (κ3) is 6.11. The van der Waals surface area contributed by atoms with Gasteiger partial charge in [0.15, 0.2) is 0 Å². The van der Waals surface area contributed by atoms with Gasteiger partial charge in [0.2, 0.25) is 0 Å². The Bertz CT molecular complexity index is 286. The van der Waals surface area contributed by atoms with Gasteiger partial charge in [-0.3, -0.25) is 0 Å². The lowest BCUT2D eigenvalue weighted by atomic mass is 10.4. The van der Waals surface area contributed by atoms with Crippen LogP contribution in [0.15, 0.2) is 24.8 Å². The van der Waals surface area contributed by atoms with E-state index in [0.29, 0.717) is 31.3 Å². The zero-order chi connectivity index (χ0) is 14.0. The fourth-order valence-electron chi connectivity index (χ4n) is 1.24. The van der Waals surface area contributed by atoms with Gasteiger partial charge in [-0.2, -0.15) is 0 Å². The first kappa shape index (κ1) is 17.0. The second-order valence-electron chi connectivity index (χ2n) is 3.71. The topological polar surface area (TPSA) is 54.0 Å². The standard InChI is InChI=1S/C12H22O5Si/c1-6-8-17-18(14-4,15-5)10-7-9-16-12(13)11(2)3/h6H,1-2,7-10H2,3-5H3. The quantitative estimate of drug-likeness (QED) is 0.200. The average Bonchev–Trinajstić information content (AvgIpc) is 2.38. The Morgan fingerprint density at radius 3 is 2.39 bits per heavy atom. The van der Waals surface area contributed by atoms with E-state index in [9.17, 15) is 4.79 Å². The van der Waals surface area contributed by atoms with Crippen LogP contribution < -0.4 is 0 Å². The van der Waals surface area contributed by atoms with Crippen molar-refractivity contribution < 1.29 is 22.8 Å². The third-order valence-corrected chi connectivity index (χ3v) is 5.07. The molecule has 0 radical (unpaired) electrons. The molecule has 0 saturated heterocycles. The largest absolute Gasteiger partial charge is 0.500 e. The van der Waals surface area contributed by atoms with Gasteiger partial charge in [0.25, 0.3) is 0 Å². The summed E-state index contributed by atoms with van der Waals surface area (Å²) in [7, 11) is 0.460. The molecule has 0 rings (SSSR count). The Kier molecular flexibility index (Phi) is 8.56. The number of hydrogen-bond acceptors (Lipinski definition) is 5. The van der Waals surface area contributed by atoms with Crippen molar-refractivity contribution in [3.63, 3.8) is 0 Å². The van der Waals surface area contributed by atoms with Crippen LogP contribution in [0, 0.1) is 0 Å². The molecule has 0 fully saturated rings. The molecule has 104 valence electrons. The van der Waals surface area contributed by atoms with Crippen LogP contribution in [0.3, 0.4) is 0 Å². The Balaban J connectivity index is 4.07. The summed E-state index contributed by atoms with van der Waals surface area (Å²) in [6.07, 6.45) is 2.25. The van der Waals surface area contributed by atoms with Crippen LogP contribution in [-0.4, -0.2) is 42.2 Å². The van der Waals surface area contributed by atoms with Crippen molar-refractivity contribution in [1.82, 2.24) is 0 Å². The summed E-state index contributed by atoms with van der Waals surface area (Å²) in [6, 6.07) is 0.581. The van der Waals surface area contributed by atoms with Crippen LogP contribution in [0.2, 0.25) is 6.04 Å². The minimum Gasteiger partial charge on any atom is -0.462 e. The molecule has 0 spiro atoms. The maximum Gasteiger partial charge on any atom is 0.500 e. The molecule has 0 unspecified atom stereocenters. The molecular weight excluding hydrogens is 252 g/mol. The van der Waals surface area contributed by atoms with Crippen LogP contribution in [-0.2, 0) is 22.8 Å². The number of rotatable bonds is 10. The van der Waals surface area contributed by atoms with Crippen molar-refractivity contribution in [2.45, 2.75) is 19.4 Å². The van der Waals surface area contributed by atoms with Gasteiger partial charge in [-0.15, -0.1) is 6.58 Å². The van der Waals surface area contributed by atoms with E-state index >= 15 is 0 Å². The lowest BCUT2D eigenvalue weighted by Gasteiger charge is -2.25. The molecule has 0 aliphatic rings. The molecule has 0 aromatic carbocycles. The minimum absolute atomic E-state index is 0.296. The smallest absolute Gasteiger partial charge is 0.462 e. The van der Waals surface area contributed by atoms with Crippen molar-refractivity contribution in [2.75, 3.05) is 27.4 Å². The van der Waals surface area contributed by atoms with Crippen LogP contribution in [0.4, 0.5) is 0 Å². The van der Waals surface area contributed by atoms with Crippen molar-refractivity contribution in [3.8, 4) is 0 Å². The summed E-state index contributed by atoms with van der Waals surface area (Å²) in [6.45, 7) is 9.36. The van der Waals surface area contributed by atoms with Crippen molar-refractivity contribution in [2.24, 2.45) is 0 Å². The van der Waals surface area contributed by atoms with Crippen molar-refractivity contribution in [3.05, 3.63) is 24.8 Å². The second-order valence-corrected chi connectivity index (χ2v) is 6.68. The SMILES string of the molecule is C=CCO[Si](CCCOC(=O)C(=C)C)(OC)OC. The normalized spacial score (nSPS) is 11.1. The summed E-state index contributed by atoms with van der Waals surface area (Å²) in [5.74, 6) is -0.385. The highest BCUT2D eigenvalue weighted by atomic mass is 28.4. The fraction of sp³-hybridized carbons (Fsp3) is 0.583. The van der Waals surface area contributed by atoms with Crippen LogP contribution in [0.5, 0.6) is 0 Å². The first-order valence-electron chi connectivity index (χ1n) is 5.69. The zero-order valence-corrected chi connectivity index (χ0v) is 12.4. The number of ether oxygens (including phenoxy) is 1. The number of hydrogen-bond donors (Lipinski definition) is 0. The average molecular weight is 274 g/mol. The Labute approximate surface area is 110 Å². The Morgan fingerprint density at radius 2 is 1.94 bits per heavy atom. The lowest BCUT2D eigenvalue weighted by molar-refractivity contribution is -0.139. The van der Waals surface area contributed by atoms with Gasteiger partial charge in [0, 0.05) is 25.8 Å². The highest BCUT2D eigenvalue weighted by molar-refractivity contribution is 6.60. The highest BCUT2D eigenvalue weighted by Crippen LogP contribution is 2.16. The molecule has 0 atom stereocenters. The van der Waals surface area contributed by atoms with Crippen LogP contribution in [0.1, 0.15) is 13.3 Å². The molecule has 0 aromatic rings. The molecular formula is C12H22O5Si. The molecule has 0 bridgehead atoms. The number of carbonyl (C=O) groups excluding carboxylic acids is 1. The van der Waals surface area contributed by atoms with Gasteiger partial charge in [0.1, 0.15) is 0 Å². The lowest BCUT2D eigenvalue weighted by Crippen LogP contribution is -2.44. The number of esters is 1. The first-order valence-corrected chi connectivity index (χ1v) is 7.62. The van der Waals surface area contributed by atoms with E-state index in [2.05, 4.69) is 13.2 Å². The van der Waals surface area contributed by atoms with Crippen molar-refractivity contribution in [1.29, 1.82) is 0 Å². The van der Waals surface area contributed by atoms with Gasteiger partial charge in [0.05, 0.1) is 13.2 Å². The van der Waals surface area contributed by atoms with E-state index in [1.165, 1.54) is 0 Å². The molecule has 5 nitrogen and oxygen atoms in total. The molecule has 0 N–H and O–H groups in total. The van der Waals surface area contributed by atoms with Gasteiger partial charge < -0.3 is 18.0 Å². The van der Waals surface area contributed by atoms with Crippen LogP contribution in [0.25, 0.3) is 0 Å². The van der Waals surface area contributed by atoms with E-state index < -0.39 is 8.80 Å². The highest BCUT2D eigenvalue weighted by Gasteiger charge is 2.38. The fourth-order valence-corrected chi connectivity index (χ4v) is 3.14. The van der Waals surface area contributed by atoms with Gasteiger partial charge in [-0.1, -0.05) is 12.7 Å². The summed E-state index contributed by atoms with van der Waals surface area (Å²) >= 11 is 0. The molecule has 0 aliphatic carbocycles. The first-order chi connectivity index (χ1) is 8.51. The maximum absolute atomic E-state index is 11.2. The minimum atomic E-state index is -2.65. The third-order valence-electron chi connectivity index (χ3n) is 2.25. The van der Waals surface area contributed by atoms with Gasteiger partial charge in [-0.25, -0.2) is 4.79 Å². The molecule has 18 heavy (non-hydrogen) atoms. The van der Waals surface area contributed by atoms with Gasteiger partial charge >= 0.3 is 14.8 Å². The zero-order valence-electron chi connectivity index (χ0n) is 11.4. The van der Waals surface area contributed by atoms with E-state index in [-0.39, 0.29) is 5.97 Å². The summed E-state index contributed by atoms with van der Waals surface area (Å²) in [5, 5.41) is 0. The predicted octanol–water partition coefficient (Wildman–Crippen LogP) is 1.93. The summed E-state index contributed by atoms with van der Waals surface area (Å²) < 4.78 is 21.2. The summed E-state index contributed by atoms with van der Waals surface area (Å²) in [4.78, 5) is 11.2. The van der Waals surface area contributed by atoms with E-state index in [4.69, 9.17) is 18.0 Å². The molecule has 0 heterocycles. The van der Waals surface area contributed by atoms with Crippen LogP contribution >= 0.6 is 0 Å². The van der Waals surface area contributed by atoms with E-state index in [0.717, 1.165) is 0 Å². The monoisotopic (exact) mass is 274 g/mol. The second kappa shape index (κ2) is 9.04. The molecule has 0 saturated carbocycles. The number of carbonyl (C=O) groups is 1. The predicted molar refractivity (Wildman–Crippen MR) is 71.1 cm³/mol. The van der Waals surface area contributed by atoms with Gasteiger partial charge in [-0.05, 0) is 13.3 Å².